The molecule has 1 N–H and O–H groups in total. The number of anilines is 1. The molecule has 0 amide bonds. The summed E-state index contributed by atoms with van der Waals surface area (Å²) in [6.07, 6.45) is 9.22. The fourth-order valence-electron chi connectivity index (χ4n) is 3.98. The van der Waals surface area contributed by atoms with E-state index in [4.69, 9.17) is 14.1 Å². The van der Waals surface area contributed by atoms with Gasteiger partial charge in [-0.05, 0) is 42.5 Å². The van der Waals surface area contributed by atoms with Crippen LogP contribution in [-0.2, 0) is 16.4 Å². The third kappa shape index (κ3) is 6.63. The van der Waals surface area contributed by atoms with Crippen molar-refractivity contribution in [2.24, 2.45) is 15.9 Å². The third-order valence-electron chi connectivity index (χ3n) is 5.86. The predicted molar refractivity (Wildman–Crippen MR) is 147 cm³/mol. The molecule has 0 spiro atoms. The monoisotopic (exact) mass is 516 g/mol. The summed E-state index contributed by atoms with van der Waals surface area (Å²) in [4.78, 5) is 11.3. The van der Waals surface area contributed by atoms with Crippen molar-refractivity contribution in [1.29, 1.82) is 0 Å². The molecule has 3 heterocycles. The summed E-state index contributed by atoms with van der Waals surface area (Å²) in [5, 5.41) is 3.10. The zero-order chi connectivity index (χ0) is 25.7. The lowest BCUT2D eigenvalue weighted by molar-refractivity contribution is 0.483. The molecular weight excluding hydrogens is 488 g/mol. The molecule has 1 aromatic heterocycles. The molecule has 8 nitrogen and oxygen atoms in total. The first-order valence-corrected chi connectivity index (χ1v) is 14.1. The van der Waals surface area contributed by atoms with Gasteiger partial charge in [-0.25, -0.2) is 8.42 Å². The van der Waals surface area contributed by atoms with Crippen LogP contribution >= 0.6 is 0 Å². The second kappa shape index (κ2) is 11.0. The van der Waals surface area contributed by atoms with E-state index in [0.29, 0.717) is 25.5 Å². The van der Waals surface area contributed by atoms with Crippen molar-refractivity contribution in [2.45, 2.75) is 6.54 Å². The zero-order valence-electron chi connectivity index (χ0n) is 20.4. The van der Waals surface area contributed by atoms with Crippen LogP contribution in [0.4, 0.5) is 11.6 Å². The highest BCUT2D eigenvalue weighted by atomic mass is 32.2. The Morgan fingerprint density at radius 1 is 1.08 bits per heavy atom. The van der Waals surface area contributed by atoms with E-state index in [1.807, 2.05) is 90.2 Å². The minimum atomic E-state index is -2.99. The number of benzene rings is 2. The Bertz CT molecular complexity index is 1460. The normalized spacial score (nSPS) is 18.1. The number of aliphatic imine (C=N–C) groups is 2. The van der Waals surface area contributed by atoms with Gasteiger partial charge in [0.15, 0.2) is 0 Å². The summed E-state index contributed by atoms with van der Waals surface area (Å²) in [6.45, 7) is 1.33. The fourth-order valence-corrected chi connectivity index (χ4v) is 4.50. The van der Waals surface area contributed by atoms with Gasteiger partial charge in [0.1, 0.15) is 27.1 Å². The van der Waals surface area contributed by atoms with Gasteiger partial charge in [-0.1, -0.05) is 24.3 Å². The maximum absolute atomic E-state index is 11.3. The number of hydrogen-bond donors (Lipinski definition) is 1. The van der Waals surface area contributed by atoms with Crippen molar-refractivity contribution in [2.75, 3.05) is 30.0 Å². The second-order valence-electron chi connectivity index (χ2n) is 8.86. The first-order chi connectivity index (χ1) is 17.9. The van der Waals surface area contributed by atoms with E-state index >= 15 is 0 Å². The van der Waals surface area contributed by atoms with Crippen molar-refractivity contribution in [3.8, 4) is 11.5 Å². The van der Waals surface area contributed by atoms with E-state index < -0.39 is 9.84 Å². The minimum Gasteiger partial charge on any atom is -0.457 e. The van der Waals surface area contributed by atoms with Crippen molar-refractivity contribution in [3.05, 3.63) is 96.5 Å². The molecule has 0 radical (unpaired) electrons. The number of hydrogen-bond acceptors (Lipinski definition) is 8. The van der Waals surface area contributed by atoms with Gasteiger partial charge in [-0.2, -0.15) is 0 Å². The topological polar surface area (TPSA) is 96.5 Å². The molecule has 0 bridgehead atoms. The SMILES string of the molecule is CS(=O)(=O)CCNCc1ccc(N2C=CC3C=NCC(=Nc4ccc(Oc5ccccc5)cc4)C3=C2)o1. The van der Waals surface area contributed by atoms with Gasteiger partial charge in [0.2, 0.25) is 5.88 Å². The van der Waals surface area contributed by atoms with Crippen LogP contribution in [0, 0.1) is 5.92 Å². The fraction of sp³-hybridized carbons (Fsp3) is 0.214. The van der Waals surface area contributed by atoms with Gasteiger partial charge in [0.25, 0.3) is 0 Å². The smallest absolute Gasteiger partial charge is 0.203 e. The molecule has 2 aliphatic heterocycles. The van der Waals surface area contributed by atoms with Crippen LogP contribution in [0.1, 0.15) is 5.76 Å². The summed E-state index contributed by atoms with van der Waals surface area (Å²) in [5.74, 6) is 3.09. The van der Waals surface area contributed by atoms with E-state index in [2.05, 4.69) is 16.4 Å². The van der Waals surface area contributed by atoms with Crippen LogP contribution in [0.15, 0.2) is 105 Å². The minimum absolute atomic E-state index is 0.0523. The highest BCUT2D eigenvalue weighted by molar-refractivity contribution is 7.90. The Kier molecular flexibility index (Phi) is 7.34. The molecule has 3 aromatic rings. The Hall–Kier alpha value is -3.95. The van der Waals surface area contributed by atoms with Gasteiger partial charge < -0.3 is 14.5 Å². The number of rotatable bonds is 9. The number of furan rings is 1. The number of nitrogens with one attached hydrogen (secondary N) is 1. The highest BCUT2D eigenvalue weighted by Crippen LogP contribution is 2.30. The van der Waals surface area contributed by atoms with Gasteiger partial charge in [0.05, 0.1) is 30.2 Å². The Labute approximate surface area is 216 Å². The van der Waals surface area contributed by atoms with Crippen molar-refractivity contribution in [1.82, 2.24) is 5.32 Å². The van der Waals surface area contributed by atoms with Crippen molar-refractivity contribution < 1.29 is 17.6 Å². The molecule has 0 saturated heterocycles. The number of para-hydroxylation sites is 1. The van der Waals surface area contributed by atoms with Crippen LogP contribution in [0.2, 0.25) is 0 Å². The van der Waals surface area contributed by atoms with Crippen LogP contribution in [0.3, 0.4) is 0 Å². The van der Waals surface area contributed by atoms with Crippen LogP contribution in [-0.4, -0.2) is 45.4 Å². The molecule has 5 rings (SSSR count). The molecule has 9 heteroatoms. The predicted octanol–water partition coefficient (Wildman–Crippen LogP) is 4.90. The summed E-state index contributed by atoms with van der Waals surface area (Å²) in [7, 11) is -2.99. The molecule has 0 fully saturated rings. The Morgan fingerprint density at radius 3 is 2.65 bits per heavy atom. The van der Waals surface area contributed by atoms with E-state index in [9.17, 15) is 8.42 Å². The van der Waals surface area contributed by atoms with Crippen molar-refractivity contribution >= 4 is 33.3 Å². The lowest BCUT2D eigenvalue weighted by Crippen LogP contribution is -2.27. The molecule has 1 unspecified atom stereocenters. The molecule has 1 atom stereocenters. The average Bonchev–Trinajstić information content (AvgIpc) is 3.37. The number of nitrogens with zero attached hydrogens (tertiary/aromatic N) is 3. The van der Waals surface area contributed by atoms with E-state index in [-0.39, 0.29) is 11.7 Å². The number of fused-ring (bicyclic) bond motifs is 1. The summed E-state index contributed by atoms with van der Waals surface area (Å²) < 4.78 is 34.4. The van der Waals surface area contributed by atoms with Gasteiger partial charge in [-0.3, -0.25) is 14.9 Å². The summed E-state index contributed by atoms with van der Waals surface area (Å²) in [5.41, 5.74) is 2.79. The van der Waals surface area contributed by atoms with Crippen LogP contribution in [0.5, 0.6) is 11.5 Å². The average molecular weight is 517 g/mol. The largest absolute Gasteiger partial charge is 0.457 e. The third-order valence-corrected chi connectivity index (χ3v) is 6.81. The van der Waals surface area contributed by atoms with E-state index in [1.54, 1.807) is 0 Å². The summed E-state index contributed by atoms with van der Waals surface area (Å²) in [6, 6.07) is 21.1. The molecular formula is C28H28N4O4S. The van der Waals surface area contributed by atoms with E-state index in [0.717, 1.165) is 34.2 Å². The molecule has 190 valence electrons. The van der Waals surface area contributed by atoms with E-state index in [1.165, 1.54) is 6.26 Å². The quantitative estimate of drug-likeness (QED) is 0.407. The van der Waals surface area contributed by atoms with Crippen molar-refractivity contribution in [3.63, 3.8) is 0 Å². The molecule has 2 aromatic carbocycles. The van der Waals surface area contributed by atoms with Gasteiger partial charge >= 0.3 is 0 Å². The van der Waals surface area contributed by atoms with Gasteiger partial charge in [-0.15, -0.1) is 0 Å². The maximum atomic E-state index is 11.3. The summed E-state index contributed by atoms with van der Waals surface area (Å²) >= 11 is 0. The molecule has 0 aliphatic carbocycles. The first kappa shape index (κ1) is 24.7. The number of sulfone groups is 1. The van der Waals surface area contributed by atoms with Gasteiger partial charge in [0, 0.05) is 49.0 Å². The highest BCUT2D eigenvalue weighted by Gasteiger charge is 2.24. The second-order valence-corrected chi connectivity index (χ2v) is 11.1. The lowest BCUT2D eigenvalue weighted by atomic mass is 9.92. The maximum Gasteiger partial charge on any atom is 0.203 e. The first-order valence-electron chi connectivity index (χ1n) is 12.0. The molecule has 2 aliphatic rings. The van der Waals surface area contributed by atoms with Crippen LogP contribution in [0.25, 0.3) is 0 Å². The Balaban J connectivity index is 1.27. The number of ether oxygens (including phenoxy) is 1. The lowest BCUT2D eigenvalue weighted by Gasteiger charge is -2.26. The standard InChI is InChI=1S/C28H28N4O4S/c1-37(33,34)16-14-29-18-25-11-12-28(36-25)32-15-13-21-17-30-19-27(26(21)20-32)31-22-7-9-24(10-8-22)35-23-5-3-2-4-6-23/h2-13,15,17,20-21,29H,14,16,18-19H2,1H3. The zero-order valence-corrected chi connectivity index (χ0v) is 21.3. The Morgan fingerprint density at radius 2 is 1.86 bits per heavy atom. The van der Waals surface area contributed by atoms with Crippen LogP contribution < -0.4 is 15.0 Å². The molecule has 37 heavy (non-hydrogen) atoms. The molecule has 0 saturated carbocycles. The number of allylic oxidation sites excluding steroid dienone is 1.